The van der Waals surface area contributed by atoms with Crippen molar-refractivity contribution in [2.24, 2.45) is 0 Å². The molecule has 1 aliphatic rings. The number of furan rings is 1. The number of nitrogen functional groups attached to an aromatic ring is 1. The summed E-state index contributed by atoms with van der Waals surface area (Å²) in [5.74, 6) is -2.00. The Morgan fingerprint density at radius 3 is 1.42 bits per heavy atom. The van der Waals surface area contributed by atoms with Crippen LogP contribution in [-0.4, -0.2) is 182 Å². The van der Waals surface area contributed by atoms with Gasteiger partial charge in [0, 0.05) is 81.0 Å². The van der Waals surface area contributed by atoms with E-state index in [1.807, 2.05) is 97.2 Å². The summed E-state index contributed by atoms with van der Waals surface area (Å²) in [6.45, 7) is 13.5. The molecule has 35 nitrogen and oxygen atoms in total. The number of esters is 5. The molecule has 8 aromatic rings. The highest BCUT2D eigenvalue weighted by molar-refractivity contribution is 5.84. The van der Waals surface area contributed by atoms with Gasteiger partial charge in [0.05, 0.1) is 63.9 Å². The van der Waals surface area contributed by atoms with Gasteiger partial charge < -0.3 is 96.6 Å². The number of nitrogens with two attached hydrogens (primary N) is 1. The van der Waals surface area contributed by atoms with Crippen molar-refractivity contribution in [3.63, 3.8) is 0 Å². The molecule has 106 heavy (non-hydrogen) atoms. The molecule has 36 heteroatoms. The molecule has 568 valence electrons. The fourth-order valence-corrected chi connectivity index (χ4v) is 8.78. The van der Waals surface area contributed by atoms with E-state index in [0.717, 1.165) is 63.5 Å². The van der Waals surface area contributed by atoms with Crippen molar-refractivity contribution in [1.29, 1.82) is 0 Å². The SMILES string of the molecule is CCOC(=O)CNC(=O)NCc1c(N)cccc1F.CCOC(=O)CNC(=O)NCc1ccc(-n2cccn2)cc1.CCOC(=O)CNC(=O)NCc1ccc2ccoc2c1.CCOC(=O)CNC(=O)NCc1cccc(-n2cncn2)c1.CCOC(=O)CNC(=O)NCc1ccnc(N2CCOCC2)c1. The molecule has 1 fully saturated rings. The Bertz CT molecular complexity index is 4010. The van der Waals surface area contributed by atoms with Gasteiger partial charge in [-0.1, -0.05) is 42.5 Å². The summed E-state index contributed by atoms with van der Waals surface area (Å²) in [7, 11) is 0. The number of amides is 10. The number of ether oxygens (including phenoxy) is 6. The number of urea groups is 5. The number of aromatic nitrogens is 6. The minimum atomic E-state index is -0.601. The average molecular weight is 1470 g/mol. The van der Waals surface area contributed by atoms with Gasteiger partial charge in [0.1, 0.15) is 62.6 Å². The van der Waals surface area contributed by atoms with Crippen molar-refractivity contribution in [2.45, 2.75) is 67.3 Å². The first kappa shape index (κ1) is 83.8. The maximum Gasteiger partial charge on any atom is 0.325 e. The topological polar surface area (TPSA) is 450 Å². The molecule has 4 aromatic heterocycles. The van der Waals surface area contributed by atoms with Crippen molar-refractivity contribution in [2.75, 3.05) is 103 Å². The zero-order valence-corrected chi connectivity index (χ0v) is 59.3. The van der Waals surface area contributed by atoms with Crippen LogP contribution in [0.4, 0.5) is 39.9 Å². The standard InChI is InChI=1S/C15H22N4O4.C15H18N4O3.C14H17N5O3.C14H16N2O4.C12H16FN3O3/c1-2-23-14(20)11-18-15(21)17-10-12-3-4-16-13(9-12)19-5-7-22-8-6-19;1-2-22-14(20)11-17-15(21)16-10-12-4-6-13(7-5-12)19-9-3-8-18-19;1-2-22-13(20)8-17-14(21)16-7-11-4-3-5-12(6-11)19-10-15-9-18-19;1-2-19-13(17)9-16-14(18)15-8-10-3-4-11-5-6-20-12(11)7-10;1-2-19-11(17)7-16-12(18)15-6-8-9(13)4-3-5-10(8)14/h3-4,9H,2,5-8,10-11H2,1H3,(H2,17,18,21);3-9H,2,10-11H2,1H3,(H2,16,17,21);3-6,9-10H,2,7-8H2,1H3,(H2,16,17,21);3-7H,2,8-9H2,1H3,(H2,15,16,18);3-5H,2,6-7,14H2,1H3,(H2,15,16,18). The summed E-state index contributed by atoms with van der Waals surface area (Å²) >= 11 is 0. The van der Waals surface area contributed by atoms with E-state index in [2.05, 4.69) is 83.0 Å². The number of benzene rings is 4. The van der Waals surface area contributed by atoms with Crippen molar-refractivity contribution in [3.05, 3.63) is 180 Å². The Kier molecular flexibility index (Phi) is 38.0. The molecule has 10 amide bonds. The molecule has 9 rings (SSSR count). The quantitative estimate of drug-likeness (QED) is 0.0180. The Morgan fingerprint density at radius 2 is 0.943 bits per heavy atom. The van der Waals surface area contributed by atoms with Gasteiger partial charge in [0.15, 0.2) is 0 Å². The molecule has 0 unspecified atom stereocenters. The van der Waals surface area contributed by atoms with E-state index >= 15 is 0 Å². The van der Waals surface area contributed by atoms with E-state index in [-0.39, 0.29) is 63.7 Å². The summed E-state index contributed by atoms with van der Waals surface area (Å²) < 4.78 is 50.9. The predicted molar refractivity (Wildman–Crippen MR) is 384 cm³/mol. The molecule has 1 saturated heterocycles. The molecule has 1 aliphatic heterocycles. The van der Waals surface area contributed by atoms with Gasteiger partial charge in [-0.05, 0) is 124 Å². The van der Waals surface area contributed by atoms with E-state index in [0.29, 0.717) is 59.2 Å². The first-order valence-electron chi connectivity index (χ1n) is 33.5. The number of hydrogen-bond donors (Lipinski definition) is 11. The summed E-state index contributed by atoms with van der Waals surface area (Å²) in [5.41, 5.74) is 12.3. The second-order valence-electron chi connectivity index (χ2n) is 21.6. The van der Waals surface area contributed by atoms with E-state index in [4.69, 9.17) is 33.8 Å². The van der Waals surface area contributed by atoms with Crippen LogP contribution in [-0.2, 0) is 85.1 Å². The van der Waals surface area contributed by atoms with Crippen LogP contribution in [0.5, 0.6) is 0 Å². The van der Waals surface area contributed by atoms with Gasteiger partial charge in [-0.15, -0.1) is 0 Å². The van der Waals surface area contributed by atoms with E-state index in [1.54, 1.807) is 69.0 Å². The van der Waals surface area contributed by atoms with Crippen LogP contribution in [0.2, 0.25) is 0 Å². The Morgan fingerprint density at radius 1 is 0.472 bits per heavy atom. The fraction of sp³-hybridized carbons (Fsp3) is 0.343. The number of nitrogens with zero attached hydrogens (tertiary/aromatic N) is 7. The minimum Gasteiger partial charge on any atom is -0.465 e. The first-order valence-corrected chi connectivity index (χ1v) is 33.5. The normalized spacial score (nSPS) is 10.9. The molecule has 0 bridgehead atoms. The van der Waals surface area contributed by atoms with E-state index in [1.165, 1.54) is 24.5 Å². The lowest BCUT2D eigenvalue weighted by atomic mass is 10.1. The number of fused-ring (bicyclic) bond motifs is 1. The molecule has 0 radical (unpaired) electrons. The largest absolute Gasteiger partial charge is 0.465 e. The van der Waals surface area contributed by atoms with Crippen molar-refractivity contribution in [1.82, 2.24) is 82.7 Å². The number of nitrogens with one attached hydrogen (secondary N) is 10. The first-order chi connectivity index (χ1) is 51.3. The predicted octanol–water partition coefficient (Wildman–Crippen LogP) is 4.71. The lowest BCUT2D eigenvalue weighted by molar-refractivity contribution is -0.142. The van der Waals surface area contributed by atoms with E-state index < -0.39 is 65.8 Å². The molecule has 12 N–H and O–H groups in total. The average Bonchev–Trinajstić information content (AvgIpc) is 1.65. The molecule has 5 heterocycles. The second-order valence-corrected chi connectivity index (χ2v) is 21.6. The van der Waals surface area contributed by atoms with Crippen LogP contribution in [0.15, 0.2) is 151 Å². The van der Waals surface area contributed by atoms with Crippen LogP contribution in [0, 0.1) is 5.82 Å². The number of hydrogen-bond acceptors (Lipinski definition) is 23. The molecular weight excluding hydrogens is 1380 g/mol. The smallest absolute Gasteiger partial charge is 0.325 e. The number of halogens is 1. The number of anilines is 2. The third-order valence-electron chi connectivity index (χ3n) is 13.9. The summed E-state index contributed by atoms with van der Waals surface area (Å²) in [4.78, 5) is 123. The van der Waals surface area contributed by atoms with Crippen molar-refractivity contribution < 1.29 is 85.2 Å². The Labute approximate surface area is 609 Å². The highest BCUT2D eigenvalue weighted by Crippen LogP contribution is 2.18. The molecule has 0 atom stereocenters. The lowest BCUT2D eigenvalue weighted by Gasteiger charge is -2.28. The van der Waals surface area contributed by atoms with Gasteiger partial charge in [0.2, 0.25) is 0 Å². The zero-order valence-electron chi connectivity index (χ0n) is 59.3. The third-order valence-corrected chi connectivity index (χ3v) is 13.9. The summed E-state index contributed by atoms with van der Waals surface area (Å²) in [5, 5.41) is 34.3. The molecule has 0 saturated carbocycles. The lowest BCUT2D eigenvalue weighted by Crippen LogP contribution is -2.39. The van der Waals surface area contributed by atoms with Gasteiger partial charge in [-0.3, -0.25) is 24.0 Å². The minimum absolute atomic E-state index is 0.0623. The van der Waals surface area contributed by atoms with Gasteiger partial charge in [0.25, 0.3) is 0 Å². The number of pyridine rings is 1. The number of carbonyl (C=O) groups excluding carboxylic acids is 10. The van der Waals surface area contributed by atoms with Crippen LogP contribution in [0.1, 0.15) is 62.4 Å². The maximum absolute atomic E-state index is 13.4. The van der Waals surface area contributed by atoms with Crippen LogP contribution >= 0.6 is 0 Å². The summed E-state index contributed by atoms with van der Waals surface area (Å²) in [6.07, 6.45) is 9.96. The Balaban J connectivity index is 0.000000238. The monoisotopic (exact) mass is 1470 g/mol. The van der Waals surface area contributed by atoms with E-state index in [9.17, 15) is 52.3 Å². The summed E-state index contributed by atoms with van der Waals surface area (Å²) in [6, 6.07) is 30.4. The van der Waals surface area contributed by atoms with Crippen molar-refractivity contribution >= 4 is 82.5 Å². The fourth-order valence-electron chi connectivity index (χ4n) is 8.78. The third kappa shape index (κ3) is 33.3. The zero-order chi connectivity index (χ0) is 76.7. The molecule has 4 aromatic carbocycles. The maximum atomic E-state index is 13.4. The molecule has 0 aliphatic carbocycles. The van der Waals surface area contributed by atoms with Gasteiger partial charge >= 0.3 is 60.0 Å². The van der Waals surface area contributed by atoms with Crippen LogP contribution < -0.4 is 63.8 Å². The van der Waals surface area contributed by atoms with Crippen LogP contribution in [0.3, 0.4) is 0 Å². The number of rotatable bonds is 28. The van der Waals surface area contributed by atoms with Crippen LogP contribution in [0.25, 0.3) is 22.3 Å². The molecule has 0 spiro atoms. The highest BCUT2D eigenvalue weighted by atomic mass is 19.1. The Hall–Kier alpha value is -12.9. The second kappa shape index (κ2) is 48.1. The number of carbonyl (C=O) groups is 10. The highest BCUT2D eigenvalue weighted by Gasteiger charge is 2.15. The molecular formula is C70H89FN18O17. The van der Waals surface area contributed by atoms with Gasteiger partial charge in [-0.2, -0.15) is 10.2 Å². The van der Waals surface area contributed by atoms with Crippen molar-refractivity contribution in [3.8, 4) is 11.4 Å². The number of morpholine rings is 1. The van der Waals surface area contributed by atoms with Gasteiger partial charge in [-0.25, -0.2) is 47.7 Å².